The van der Waals surface area contributed by atoms with Crippen LogP contribution in [0.1, 0.15) is 54.9 Å². The minimum Gasteiger partial charge on any atom is -0.385 e. The van der Waals surface area contributed by atoms with Crippen molar-refractivity contribution in [3.05, 3.63) is 41.0 Å². The van der Waals surface area contributed by atoms with Gasteiger partial charge < -0.3 is 24.6 Å². The molecule has 2 aliphatic heterocycles. The number of ether oxygens (including phenoxy) is 2. The average molecular weight is 559 g/mol. The number of methoxy groups -OCH3 is 1. The Balaban J connectivity index is 1.61. The number of hydrogen-bond acceptors (Lipinski definition) is 7. The minimum atomic E-state index is -0.295. The third-order valence-corrected chi connectivity index (χ3v) is 7.63. The summed E-state index contributed by atoms with van der Waals surface area (Å²) in [6, 6.07) is 4.63. The van der Waals surface area contributed by atoms with E-state index in [0.29, 0.717) is 88.0 Å². The molecule has 2 saturated heterocycles. The molecule has 0 radical (unpaired) electrons. The molecule has 40 heavy (non-hydrogen) atoms. The van der Waals surface area contributed by atoms with Crippen molar-refractivity contribution in [3.63, 3.8) is 0 Å². The maximum atomic E-state index is 14.2. The van der Waals surface area contributed by atoms with Gasteiger partial charge in [0.1, 0.15) is 5.82 Å². The third-order valence-electron chi connectivity index (χ3n) is 7.63. The Kier molecular flexibility index (Phi) is 10.6. The molecule has 220 valence electrons. The zero-order valence-electron chi connectivity index (χ0n) is 24.2. The molecule has 0 unspecified atom stereocenters. The van der Waals surface area contributed by atoms with Crippen molar-refractivity contribution in [1.29, 1.82) is 0 Å². The summed E-state index contributed by atoms with van der Waals surface area (Å²) in [4.78, 5) is 31.3. The molecule has 2 fully saturated rings. The molecule has 10 nitrogen and oxygen atoms in total. The fraction of sp³-hybridized carbons (Fsp3) is 0.655. The number of aryl methyl sites for hydroxylation is 1. The van der Waals surface area contributed by atoms with Gasteiger partial charge >= 0.3 is 0 Å². The van der Waals surface area contributed by atoms with E-state index >= 15 is 0 Å². The van der Waals surface area contributed by atoms with Gasteiger partial charge in [-0.1, -0.05) is 19.1 Å². The maximum absolute atomic E-state index is 14.2. The van der Waals surface area contributed by atoms with E-state index in [1.807, 2.05) is 9.80 Å². The number of halogens is 1. The van der Waals surface area contributed by atoms with Crippen LogP contribution in [0.5, 0.6) is 0 Å². The van der Waals surface area contributed by atoms with Crippen LogP contribution in [0.3, 0.4) is 0 Å². The van der Waals surface area contributed by atoms with Crippen LogP contribution in [-0.4, -0.2) is 102 Å². The van der Waals surface area contributed by atoms with Gasteiger partial charge in [-0.2, -0.15) is 0 Å². The van der Waals surface area contributed by atoms with E-state index in [0.717, 1.165) is 12.8 Å². The monoisotopic (exact) mass is 558 g/mol. The molecule has 2 atom stereocenters. The number of unbranched alkanes of at least 4 members (excludes halogenated alkanes) is 1. The SMILES string of the molecule is COCCCCc1c(C(=O)N(CC(C)C)[C@@H]2CNC[C@H](C(=O)N3CCOCC3)C2)nnn1-c1ccc(F)c(C)c1. The Morgan fingerprint density at radius 1 is 1.23 bits per heavy atom. The first-order chi connectivity index (χ1) is 19.3. The van der Waals surface area contributed by atoms with Gasteiger partial charge in [-0.3, -0.25) is 9.59 Å². The first-order valence-electron chi connectivity index (χ1n) is 14.4. The van der Waals surface area contributed by atoms with Crippen molar-refractivity contribution < 1.29 is 23.5 Å². The lowest BCUT2D eigenvalue weighted by atomic mass is 9.92. The van der Waals surface area contributed by atoms with Crippen LogP contribution in [0.15, 0.2) is 18.2 Å². The minimum absolute atomic E-state index is 0.119. The highest BCUT2D eigenvalue weighted by Gasteiger charge is 2.37. The number of carbonyl (C=O) groups excluding carboxylic acids is 2. The second-order valence-electron chi connectivity index (χ2n) is 11.2. The molecule has 1 aromatic heterocycles. The van der Waals surface area contributed by atoms with Crippen LogP contribution < -0.4 is 5.32 Å². The topological polar surface area (TPSA) is 102 Å². The van der Waals surface area contributed by atoms with Crippen LogP contribution in [-0.2, 0) is 20.7 Å². The highest BCUT2D eigenvalue weighted by molar-refractivity contribution is 5.94. The van der Waals surface area contributed by atoms with Crippen molar-refractivity contribution in [2.24, 2.45) is 11.8 Å². The first kappa shape index (κ1) is 30.1. The van der Waals surface area contributed by atoms with Crippen molar-refractivity contribution in [1.82, 2.24) is 30.1 Å². The Morgan fingerprint density at radius 2 is 2.00 bits per heavy atom. The normalized spacial score (nSPS) is 19.7. The Labute approximate surface area is 236 Å². The van der Waals surface area contributed by atoms with Gasteiger partial charge in [-0.05, 0) is 62.3 Å². The van der Waals surface area contributed by atoms with E-state index in [9.17, 15) is 14.0 Å². The Hall–Kier alpha value is -2.89. The lowest BCUT2D eigenvalue weighted by Crippen LogP contribution is -2.56. The number of amides is 2. The van der Waals surface area contributed by atoms with Gasteiger partial charge in [0.15, 0.2) is 5.69 Å². The zero-order chi connectivity index (χ0) is 28.6. The van der Waals surface area contributed by atoms with E-state index < -0.39 is 0 Å². The molecular formula is C29H43FN6O4. The molecule has 2 aromatic rings. The molecule has 1 N–H and O–H groups in total. The average Bonchev–Trinajstić information content (AvgIpc) is 3.39. The number of aromatic nitrogens is 3. The van der Waals surface area contributed by atoms with Crippen molar-refractivity contribution >= 4 is 11.8 Å². The smallest absolute Gasteiger partial charge is 0.276 e. The maximum Gasteiger partial charge on any atom is 0.276 e. The van der Waals surface area contributed by atoms with Gasteiger partial charge in [0.05, 0.1) is 30.5 Å². The van der Waals surface area contributed by atoms with E-state index in [1.165, 1.54) is 6.07 Å². The van der Waals surface area contributed by atoms with E-state index in [-0.39, 0.29) is 35.5 Å². The zero-order valence-corrected chi connectivity index (χ0v) is 24.2. The molecule has 3 heterocycles. The lowest BCUT2D eigenvalue weighted by Gasteiger charge is -2.40. The van der Waals surface area contributed by atoms with Crippen LogP contribution in [0.2, 0.25) is 0 Å². The highest BCUT2D eigenvalue weighted by atomic mass is 19.1. The Morgan fingerprint density at radius 3 is 2.70 bits per heavy atom. The molecule has 1 aromatic carbocycles. The molecule has 2 aliphatic rings. The molecule has 0 bridgehead atoms. The van der Waals surface area contributed by atoms with Gasteiger partial charge in [0.25, 0.3) is 5.91 Å². The van der Waals surface area contributed by atoms with E-state index in [1.54, 1.807) is 30.8 Å². The summed E-state index contributed by atoms with van der Waals surface area (Å²) >= 11 is 0. The summed E-state index contributed by atoms with van der Waals surface area (Å²) in [5, 5.41) is 12.2. The number of rotatable bonds is 11. The summed E-state index contributed by atoms with van der Waals surface area (Å²) in [5.41, 5.74) is 2.17. The predicted molar refractivity (Wildman–Crippen MR) is 149 cm³/mol. The lowest BCUT2D eigenvalue weighted by molar-refractivity contribution is -0.140. The molecule has 0 saturated carbocycles. The number of carbonyl (C=O) groups is 2. The molecule has 11 heteroatoms. The quantitative estimate of drug-likeness (QED) is 0.423. The summed E-state index contributed by atoms with van der Waals surface area (Å²) in [7, 11) is 1.67. The Bertz CT molecular complexity index is 1150. The van der Waals surface area contributed by atoms with Crippen LogP contribution in [0, 0.1) is 24.6 Å². The molecule has 0 aliphatic carbocycles. The van der Waals surface area contributed by atoms with E-state index in [4.69, 9.17) is 9.47 Å². The van der Waals surface area contributed by atoms with E-state index in [2.05, 4.69) is 29.5 Å². The third kappa shape index (κ3) is 7.24. The number of hydrogen-bond donors (Lipinski definition) is 1. The van der Waals surface area contributed by atoms with Crippen LogP contribution >= 0.6 is 0 Å². The molecular weight excluding hydrogens is 515 g/mol. The number of morpholine rings is 1. The fourth-order valence-electron chi connectivity index (χ4n) is 5.51. The summed E-state index contributed by atoms with van der Waals surface area (Å²) < 4.78 is 26.3. The number of piperidine rings is 1. The fourth-order valence-corrected chi connectivity index (χ4v) is 5.51. The summed E-state index contributed by atoms with van der Waals surface area (Å²) in [6.45, 7) is 10.6. The van der Waals surface area contributed by atoms with Gasteiger partial charge in [0, 0.05) is 52.5 Å². The van der Waals surface area contributed by atoms with Gasteiger partial charge in [-0.15, -0.1) is 5.10 Å². The van der Waals surface area contributed by atoms with Gasteiger partial charge in [0.2, 0.25) is 5.91 Å². The highest BCUT2D eigenvalue weighted by Crippen LogP contribution is 2.24. The van der Waals surface area contributed by atoms with Crippen LogP contribution in [0.4, 0.5) is 4.39 Å². The number of benzene rings is 1. The molecule has 4 rings (SSSR count). The number of nitrogens with zero attached hydrogens (tertiary/aromatic N) is 5. The second-order valence-corrected chi connectivity index (χ2v) is 11.2. The molecule has 2 amide bonds. The second kappa shape index (κ2) is 14.1. The van der Waals surface area contributed by atoms with Crippen molar-refractivity contribution in [3.8, 4) is 5.69 Å². The van der Waals surface area contributed by atoms with Gasteiger partial charge in [-0.25, -0.2) is 9.07 Å². The van der Waals surface area contributed by atoms with Crippen molar-refractivity contribution in [2.75, 3.05) is 59.7 Å². The summed E-state index contributed by atoms with van der Waals surface area (Å²) in [5.74, 6) is -0.346. The van der Waals surface area contributed by atoms with Crippen LogP contribution in [0.25, 0.3) is 5.69 Å². The van der Waals surface area contributed by atoms with Crippen molar-refractivity contribution in [2.45, 2.75) is 52.5 Å². The summed E-state index contributed by atoms with van der Waals surface area (Å²) in [6.07, 6.45) is 2.78. The largest absolute Gasteiger partial charge is 0.385 e. The number of nitrogens with one attached hydrogen (secondary N) is 1. The molecule has 0 spiro atoms. The predicted octanol–water partition coefficient (Wildman–Crippen LogP) is 2.62. The standard InChI is InChI=1S/C29H43FN6O4/c1-20(2)19-35(24-16-22(17-31-18-24)28(37)34-10-13-40-14-11-34)29(38)27-26(7-5-6-12-39-4)36(33-32-27)23-8-9-25(30)21(3)15-23/h8-9,15,20,22,24,31H,5-7,10-14,16-19H2,1-4H3/t22-,24+/m1/s1. The first-order valence-corrected chi connectivity index (χ1v) is 14.4.